The molecule has 0 atom stereocenters. The fraction of sp³-hybridized carbons (Fsp3) is 0.0667. The Balaban J connectivity index is 1.73. The maximum atomic E-state index is 13.1. The van der Waals surface area contributed by atoms with Crippen molar-refractivity contribution < 1.29 is 18.0 Å². The van der Waals surface area contributed by atoms with Crippen molar-refractivity contribution in [3.8, 4) is 0 Å². The van der Waals surface area contributed by atoms with Crippen LogP contribution in [-0.4, -0.2) is 15.3 Å². The molecule has 0 aliphatic rings. The molecule has 0 bridgehead atoms. The molecule has 4 nitrogen and oxygen atoms in total. The second kappa shape index (κ2) is 5.51. The molecule has 2 heterocycles. The van der Waals surface area contributed by atoms with Crippen LogP contribution in [0.25, 0.3) is 5.65 Å². The van der Waals surface area contributed by atoms with Gasteiger partial charge in [0.2, 0.25) is 5.91 Å². The number of hydrogen-bond acceptors (Lipinski definition) is 2. The van der Waals surface area contributed by atoms with Crippen LogP contribution in [0.1, 0.15) is 5.69 Å². The van der Waals surface area contributed by atoms with Gasteiger partial charge in [-0.05, 0) is 24.3 Å². The Hall–Kier alpha value is -2.83. The van der Waals surface area contributed by atoms with Crippen LogP contribution in [0.5, 0.6) is 0 Å². The summed E-state index contributed by atoms with van der Waals surface area (Å²) in [6.07, 6.45) is 2.71. The standard InChI is InChI=1S/C15H10F3N3O/c16-9-1-4-14-19-11(8-21(14)7-9)6-15(22)20-10-2-3-12(17)13(18)5-10/h1-5,7-8H,6H2,(H,20,22). The van der Waals surface area contributed by atoms with Gasteiger partial charge in [-0.2, -0.15) is 0 Å². The lowest BCUT2D eigenvalue weighted by atomic mass is 10.2. The highest BCUT2D eigenvalue weighted by Gasteiger charge is 2.10. The van der Waals surface area contributed by atoms with Crippen molar-refractivity contribution in [3.63, 3.8) is 0 Å². The second-order valence-electron chi connectivity index (χ2n) is 4.70. The lowest BCUT2D eigenvalue weighted by molar-refractivity contribution is -0.115. The summed E-state index contributed by atoms with van der Waals surface area (Å²) in [7, 11) is 0. The van der Waals surface area contributed by atoms with E-state index >= 15 is 0 Å². The van der Waals surface area contributed by atoms with E-state index < -0.39 is 23.4 Å². The van der Waals surface area contributed by atoms with Crippen LogP contribution in [0.2, 0.25) is 0 Å². The molecular formula is C15H10F3N3O. The van der Waals surface area contributed by atoms with Gasteiger partial charge in [-0.15, -0.1) is 0 Å². The van der Waals surface area contributed by atoms with Gasteiger partial charge in [-0.1, -0.05) is 0 Å². The smallest absolute Gasteiger partial charge is 0.230 e. The number of nitrogens with one attached hydrogen (secondary N) is 1. The summed E-state index contributed by atoms with van der Waals surface area (Å²) < 4.78 is 40.4. The molecule has 0 radical (unpaired) electrons. The fourth-order valence-electron chi connectivity index (χ4n) is 2.05. The van der Waals surface area contributed by atoms with Crippen molar-refractivity contribution in [1.82, 2.24) is 9.38 Å². The summed E-state index contributed by atoms with van der Waals surface area (Å²) in [6.45, 7) is 0. The first kappa shape index (κ1) is 14.1. The summed E-state index contributed by atoms with van der Waals surface area (Å²) in [5.74, 6) is -2.88. The Kier molecular flexibility index (Phi) is 3.54. The zero-order chi connectivity index (χ0) is 15.7. The molecule has 0 saturated carbocycles. The Labute approximate surface area is 123 Å². The molecule has 1 N–H and O–H groups in total. The van der Waals surface area contributed by atoms with Gasteiger partial charge in [0.15, 0.2) is 11.6 Å². The van der Waals surface area contributed by atoms with Crippen LogP contribution in [0, 0.1) is 17.5 Å². The quantitative estimate of drug-likeness (QED) is 0.808. The molecule has 3 rings (SSSR count). The molecule has 1 aromatic carbocycles. The van der Waals surface area contributed by atoms with Gasteiger partial charge in [0.1, 0.15) is 11.5 Å². The van der Waals surface area contributed by atoms with Gasteiger partial charge in [0.25, 0.3) is 0 Å². The summed E-state index contributed by atoms with van der Waals surface area (Å²) in [6, 6.07) is 5.85. The Morgan fingerprint density at radius 3 is 2.68 bits per heavy atom. The van der Waals surface area contributed by atoms with Gasteiger partial charge in [-0.3, -0.25) is 4.79 Å². The molecule has 0 saturated heterocycles. The monoisotopic (exact) mass is 305 g/mol. The highest BCUT2D eigenvalue weighted by Crippen LogP contribution is 2.14. The van der Waals surface area contributed by atoms with Gasteiger partial charge in [-0.25, -0.2) is 18.2 Å². The van der Waals surface area contributed by atoms with Crippen LogP contribution in [0.15, 0.2) is 42.7 Å². The number of nitrogens with zero attached hydrogens (tertiary/aromatic N) is 2. The molecule has 3 aromatic rings. The SMILES string of the molecule is O=C(Cc1cn2cc(F)ccc2n1)Nc1ccc(F)c(F)c1. The number of carbonyl (C=O) groups excluding carboxylic acids is 1. The number of pyridine rings is 1. The normalized spacial score (nSPS) is 10.9. The molecule has 0 aliphatic heterocycles. The molecule has 0 aliphatic carbocycles. The van der Waals surface area contributed by atoms with E-state index in [1.807, 2.05) is 0 Å². The predicted molar refractivity (Wildman–Crippen MR) is 73.8 cm³/mol. The van der Waals surface area contributed by atoms with Gasteiger partial charge in [0.05, 0.1) is 12.1 Å². The second-order valence-corrected chi connectivity index (χ2v) is 4.70. The van der Waals surface area contributed by atoms with E-state index in [-0.39, 0.29) is 12.1 Å². The number of aromatic nitrogens is 2. The highest BCUT2D eigenvalue weighted by atomic mass is 19.2. The number of anilines is 1. The lowest BCUT2D eigenvalue weighted by Crippen LogP contribution is -2.14. The molecule has 2 aromatic heterocycles. The Bertz CT molecular complexity index is 860. The largest absolute Gasteiger partial charge is 0.326 e. The minimum Gasteiger partial charge on any atom is -0.326 e. The molecule has 112 valence electrons. The number of hydrogen-bond donors (Lipinski definition) is 1. The molecular weight excluding hydrogens is 295 g/mol. The van der Waals surface area contributed by atoms with Gasteiger partial charge in [0, 0.05) is 24.1 Å². The molecule has 1 amide bonds. The summed E-state index contributed by atoms with van der Waals surface area (Å²) in [4.78, 5) is 16.0. The Morgan fingerprint density at radius 2 is 1.91 bits per heavy atom. The first-order valence-corrected chi connectivity index (χ1v) is 6.39. The average molecular weight is 305 g/mol. The maximum absolute atomic E-state index is 13.1. The lowest BCUT2D eigenvalue weighted by Gasteiger charge is -2.04. The summed E-state index contributed by atoms with van der Waals surface area (Å²) in [5, 5.41) is 2.45. The number of rotatable bonds is 3. The van der Waals surface area contributed by atoms with E-state index in [1.165, 1.54) is 35.0 Å². The fourth-order valence-corrected chi connectivity index (χ4v) is 2.05. The van der Waals surface area contributed by atoms with Crippen LogP contribution >= 0.6 is 0 Å². The van der Waals surface area contributed by atoms with Crippen molar-refractivity contribution in [1.29, 1.82) is 0 Å². The minimum absolute atomic E-state index is 0.0672. The van der Waals surface area contributed by atoms with Crippen LogP contribution in [0.3, 0.4) is 0 Å². The highest BCUT2D eigenvalue weighted by molar-refractivity contribution is 5.92. The number of benzene rings is 1. The third-order valence-corrected chi connectivity index (χ3v) is 3.01. The van der Waals surface area contributed by atoms with Crippen molar-refractivity contribution in [2.24, 2.45) is 0 Å². The first-order chi connectivity index (χ1) is 10.5. The Morgan fingerprint density at radius 1 is 1.09 bits per heavy atom. The van der Waals surface area contributed by atoms with Crippen LogP contribution in [-0.2, 0) is 11.2 Å². The van der Waals surface area contributed by atoms with Crippen molar-refractivity contribution in [2.45, 2.75) is 6.42 Å². The number of halogens is 3. The molecule has 0 spiro atoms. The van der Waals surface area contributed by atoms with Crippen LogP contribution in [0.4, 0.5) is 18.9 Å². The summed E-state index contributed by atoms with van der Waals surface area (Å²) in [5.41, 5.74) is 1.10. The number of amides is 1. The van der Waals surface area contributed by atoms with Crippen molar-refractivity contribution in [2.75, 3.05) is 5.32 Å². The van der Waals surface area contributed by atoms with Crippen molar-refractivity contribution >= 4 is 17.2 Å². The summed E-state index contributed by atoms with van der Waals surface area (Å²) >= 11 is 0. The molecule has 0 fully saturated rings. The van der Waals surface area contributed by atoms with E-state index in [2.05, 4.69) is 10.3 Å². The molecule has 22 heavy (non-hydrogen) atoms. The molecule has 0 unspecified atom stereocenters. The van der Waals surface area contributed by atoms with E-state index in [4.69, 9.17) is 0 Å². The molecule has 7 heteroatoms. The first-order valence-electron chi connectivity index (χ1n) is 6.39. The number of fused-ring (bicyclic) bond motifs is 1. The number of imidazole rings is 1. The number of carbonyl (C=O) groups is 1. The maximum Gasteiger partial charge on any atom is 0.230 e. The third-order valence-electron chi connectivity index (χ3n) is 3.01. The predicted octanol–water partition coefficient (Wildman–Crippen LogP) is 2.93. The van der Waals surface area contributed by atoms with E-state index in [1.54, 1.807) is 0 Å². The van der Waals surface area contributed by atoms with E-state index in [9.17, 15) is 18.0 Å². The van der Waals surface area contributed by atoms with Gasteiger partial charge >= 0.3 is 0 Å². The third kappa shape index (κ3) is 2.93. The van der Waals surface area contributed by atoms with E-state index in [0.717, 1.165) is 12.1 Å². The average Bonchev–Trinajstić information content (AvgIpc) is 2.84. The van der Waals surface area contributed by atoms with E-state index in [0.29, 0.717) is 11.3 Å². The minimum atomic E-state index is -1.04. The zero-order valence-electron chi connectivity index (χ0n) is 11.2. The topological polar surface area (TPSA) is 46.4 Å². The van der Waals surface area contributed by atoms with Crippen LogP contribution < -0.4 is 5.32 Å². The van der Waals surface area contributed by atoms with Gasteiger partial charge < -0.3 is 9.72 Å². The zero-order valence-corrected chi connectivity index (χ0v) is 11.2. The van der Waals surface area contributed by atoms with Crippen molar-refractivity contribution in [3.05, 3.63) is 65.9 Å².